The van der Waals surface area contributed by atoms with Crippen LogP contribution in [-0.2, 0) is 7.05 Å². The average Bonchev–Trinajstić information content (AvgIpc) is 2.28. The van der Waals surface area contributed by atoms with Gasteiger partial charge in [0.1, 0.15) is 11.5 Å². The number of carbonyl (C=O) groups is 1. The molecule has 1 rings (SSSR count). The summed E-state index contributed by atoms with van der Waals surface area (Å²) in [6.45, 7) is 3.36. The van der Waals surface area contributed by atoms with Crippen molar-refractivity contribution in [2.24, 2.45) is 7.05 Å². The number of nitrogens with zero attached hydrogens (tertiary/aromatic N) is 2. The van der Waals surface area contributed by atoms with Crippen LogP contribution in [0, 0.1) is 0 Å². The van der Waals surface area contributed by atoms with Gasteiger partial charge in [0, 0.05) is 13.1 Å². The van der Waals surface area contributed by atoms with Crippen LogP contribution in [0.3, 0.4) is 0 Å². The Kier molecular flexibility index (Phi) is 1.76. The van der Waals surface area contributed by atoms with Gasteiger partial charge >= 0.3 is 0 Å². The number of nitrogens with two attached hydrogens (primary N) is 1. The van der Waals surface area contributed by atoms with Crippen molar-refractivity contribution >= 4 is 11.6 Å². The fraction of sp³-hybridized carbons (Fsp3) is 0.143. The molecule has 0 unspecified atom stereocenters. The highest BCUT2D eigenvalue weighted by Gasteiger charge is 2.07. The van der Waals surface area contributed by atoms with Crippen molar-refractivity contribution in [2.45, 2.75) is 0 Å². The molecule has 0 aliphatic heterocycles. The second-order valence-electron chi connectivity index (χ2n) is 2.15. The molecule has 58 valence electrons. The molecule has 0 aliphatic carbocycles. The molecular formula is C7H9N3O. The minimum absolute atomic E-state index is 0.170. The van der Waals surface area contributed by atoms with E-state index in [9.17, 15) is 4.79 Å². The normalized spacial score (nSPS) is 9.55. The zero-order valence-electron chi connectivity index (χ0n) is 6.24. The number of allylic oxidation sites excluding steroid dienone is 1. The molecule has 4 nitrogen and oxygen atoms in total. The van der Waals surface area contributed by atoms with Crippen LogP contribution in [0.15, 0.2) is 18.7 Å². The molecule has 0 atom stereocenters. The molecule has 0 saturated heterocycles. The number of ketones is 1. The van der Waals surface area contributed by atoms with Crippen molar-refractivity contribution in [2.75, 3.05) is 5.73 Å². The van der Waals surface area contributed by atoms with Crippen LogP contribution < -0.4 is 5.73 Å². The maximum absolute atomic E-state index is 11.0. The molecule has 11 heavy (non-hydrogen) atoms. The van der Waals surface area contributed by atoms with Gasteiger partial charge in [0.05, 0.1) is 0 Å². The summed E-state index contributed by atoms with van der Waals surface area (Å²) in [5.41, 5.74) is 5.81. The average molecular weight is 151 g/mol. The van der Waals surface area contributed by atoms with Crippen molar-refractivity contribution in [3.8, 4) is 0 Å². The SMILES string of the molecule is C=CC(=O)c1cc(N)nn1C. The molecule has 0 aliphatic rings. The highest BCUT2D eigenvalue weighted by molar-refractivity contribution is 6.03. The van der Waals surface area contributed by atoms with Crippen molar-refractivity contribution in [1.29, 1.82) is 0 Å². The van der Waals surface area contributed by atoms with Crippen molar-refractivity contribution in [1.82, 2.24) is 9.78 Å². The molecule has 0 bridgehead atoms. The monoisotopic (exact) mass is 151 g/mol. The fourth-order valence-electron chi connectivity index (χ4n) is 0.825. The van der Waals surface area contributed by atoms with Gasteiger partial charge in [-0.3, -0.25) is 9.48 Å². The van der Waals surface area contributed by atoms with E-state index in [0.29, 0.717) is 11.5 Å². The number of aromatic nitrogens is 2. The van der Waals surface area contributed by atoms with Crippen molar-refractivity contribution in [3.05, 3.63) is 24.4 Å². The van der Waals surface area contributed by atoms with E-state index in [2.05, 4.69) is 11.7 Å². The molecule has 2 N–H and O–H groups in total. The molecule has 1 aromatic rings. The first-order valence-corrected chi connectivity index (χ1v) is 3.11. The van der Waals surface area contributed by atoms with Crippen LogP contribution in [0.4, 0.5) is 5.82 Å². The smallest absolute Gasteiger partial charge is 0.203 e. The third-order valence-corrected chi connectivity index (χ3v) is 1.34. The third kappa shape index (κ3) is 1.29. The lowest BCUT2D eigenvalue weighted by Crippen LogP contribution is -2.03. The molecule has 1 heterocycles. The molecule has 0 amide bonds. The predicted octanol–water partition coefficient (Wildman–Crippen LogP) is 0.371. The quantitative estimate of drug-likeness (QED) is 0.490. The summed E-state index contributed by atoms with van der Waals surface area (Å²) in [7, 11) is 1.66. The van der Waals surface area contributed by atoms with Crippen LogP contribution in [0.5, 0.6) is 0 Å². The van der Waals surface area contributed by atoms with Crippen LogP contribution in [0.1, 0.15) is 10.5 Å². The number of hydrogen-bond acceptors (Lipinski definition) is 3. The summed E-state index contributed by atoms with van der Waals surface area (Å²) < 4.78 is 1.43. The first-order valence-electron chi connectivity index (χ1n) is 3.11. The molecular weight excluding hydrogens is 142 g/mol. The highest BCUT2D eigenvalue weighted by atomic mass is 16.1. The Morgan fingerprint density at radius 3 is 2.91 bits per heavy atom. The number of aryl methyl sites for hydroxylation is 1. The Labute approximate surface area is 64.3 Å². The Morgan fingerprint density at radius 2 is 2.55 bits per heavy atom. The van der Waals surface area contributed by atoms with E-state index in [1.165, 1.54) is 16.8 Å². The number of nitrogen functional groups attached to an aromatic ring is 1. The van der Waals surface area contributed by atoms with Crippen LogP contribution in [-0.4, -0.2) is 15.6 Å². The van der Waals surface area contributed by atoms with Crippen LogP contribution in [0.25, 0.3) is 0 Å². The number of carbonyl (C=O) groups excluding carboxylic acids is 1. The Balaban J connectivity index is 3.12. The minimum atomic E-state index is -0.170. The first kappa shape index (κ1) is 7.53. The second kappa shape index (κ2) is 2.57. The Morgan fingerprint density at radius 1 is 1.91 bits per heavy atom. The van der Waals surface area contributed by atoms with E-state index < -0.39 is 0 Å². The lowest BCUT2D eigenvalue weighted by atomic mass is 10.3. The van der Waals surface area contributed by atoms with Gasteiger partial charge in [-0.15, -0.1) is 0 Å². The second-order valence-corrected chi connectivity index (χ2v) is 2.15. The van der Waals surface area contributed by atoms with Gasteiger partial charge in [-0.05, 0) is 6.08 Å². The van der Waals surface area contributed by atoms with Gasteiger partial charge in [0.2, 0.25) is 5.78 Å². The molecule has 0 radical (unpaired) electrons. The van der Waals surface area contributed by atoms with Crippen molar-refractivity contribution < 1.29 is 4.79 Å². The van der Waals surface area contributed by atoms with Gasteiger partial charge in [-0.1, -0.05) is 6.58 Å². The van der Waals surface area contributed by atoms with E-state index >= 15 is 0 Å². The highest BCUT2D eigenvalue weighted by Crippen LogP contribution is 2.04. The van der Waals surface area contributed by atoms with Gasteiger partial charge in [0.15, 0.2) is 0 Å². The summed E-state index contributed by atoms with van der Waals surface area (Å²) in [6.07, 6.45) is 1.23. The zero-order chi connectivity index (χ0) is 8.43. The third-order valence-electron chi connectivity index (χ3n) is 1.34. The molecule has 4 heteroatoms. The van der Waals surface area contributed by atoms with E-state index in [1.54, 1.807) is 7.05 Å². The molecule has 0 saturated carbocycles. The summed E-state index contributed by atoms with van der Waals surface area (Å²) >= 11 is 0. The molecule has 1 aromatic heterocycles. The maximum atomic E-state index is 11.0. The summed E-state index contributed by atoms with van der Waals surface area (Å²) in [6, 6.07) is 1.52. The Bertz CT molecular complexity index is 301. The number of anilines is 1. The van der Waals surface area contributed by atoms with Crippen molar-refractivity contribution in [3.63, 3.8) is 0 Å². The van der Waals surface area contributed by atoms with E-state index in [0.717, 1.165) is 0 Å². The fourth-order valence-corrected chi connectivity index (χ4v) is 0.825. The molecule has 0 spiro atoms. The largest absolute Gasteiger partial charge is 0.382 e. The van der Waals surface area contributed by atoms with E-state index in [4.69, 9.17) is 5.73 Å². The molecule has 0 fully saturated rings. The van der Waals surface area contributed by atoms with Crippen LogP contribution >= 0.6 is 0 Å². The summed E-state index contributed by atoms with van der Waals surface area (Å²) in [4.78, 5) is 11.0. The molecule has 0 aromatic carbocycles. The van der Waals surface area contributed by atoms with E-state index in [-0.39, 0.29) is 5.78 Å². The maximum Gasteiger partial charge on any atom is 0.203 e. The first-order chi connectivity index (χ1) is 5.15. The number of rotatable bonds is 2. The topological polar surface area (TPSA) is 60.9 Å². The van der Waals surface area contributed by atoms with Gasteiger partial charge < -0.3 is 5.73 Å². The number of hydrogen-bond donors (Lipinski definition) is 1. The van der Waals surface area contributed by atoms with Gasteiger partial charge in [-0.2, -0.15) is 5.10 Å². The Hall–Kier alpha value is -1.58. The van der Waals surface area contributed by atoms with Gasteiger partial charge in [-0.25, -0.2) is 0 Å². The van der Waals surface area contributed by atoms with E-state index in [1.807, 2.05) is 0 Å². The van der Waals surface area contributed by atoms with Crippen LogP contribution in [0.2, 0.25) is 0 Å². The predicted molar refractivity (Wildman–Crippen MR) is 42.1 cm³/mol. The standard InChI is InChI=1S/C7H9N3O/c1-3-6(11)5-4-7(8)9-10(5)2/h3-4H,1H2,2H3,(H2,8,9). The van der Waals surface area contributed by atoms with Gasteiger partial charge in [0.25, 0.3) is 0 Å². The lowest BCUT2D eigenvalue weighted by molar-refractivity contribution is 0.103. The minimum Gasteiger partial charge on any atom is -0.382 e. The zero-order valence-corrected chi connectivity index (χ0v) is 6.24. The lowest BCUT2D eigenvalue weighted by Gasteiger charge is -1.92. The summed E-state index contributed by atoms with van der Waals surface area (Å²) in [5.74, 6) is 0.175. The summed E-state index contributed by atoms with van der Waals surface area (Å²) in [5, 5.41) is 3.81.